The first-order valence-electron chi connectivity index (χ1n) is 9.86. The maximum atomic E-state index is 11.3. The van der Waals surface area contributed by atoms with Crippen LogP contribution in [0.2, 0.25) is 0 Å². The maximum Gasteiger partial charge on any atom is 0.248 e. The number of aliphatic imine (C=N–C) groups is 1. The quantitative estimate of drug-likeness (QED) is 0.294. The molecule has 0 saturated carbocycles. The minimum Gasteiger partial charge on any atom is -0.379 e. The molecule has 1 saturated heterocycles. The highest BCUT2D eigenvalue weighted by Crippen LogP contribution is 2.13. The van der Waals surface area contributed by atoms with Gasteiger partial charge in [0.15, 0.2) is 5.96 Å². The topological polar surface area (TPSA) is 92.0 Å². The summed E-state index contributed by atoms with van der Waals surface area (Å²) in [6.07, 6.45) is 0. The van der Waals surface area contributed by atoms with Gasteiger partial charge in [-0.2, -0.15) is 0 Å². The first kappa shape index (κ1) is 24.1. The van der Waals surface area contributed by atoms with Crippen LogP contribution < -0.4 is 16.4 Å². The molecule has 0 unspecified atom stereocenters. The average Bonchev–Trinajstić information content (AvgIpc) is 2.76. The van der Waals surface area contributed by atoms with Gasteiger partial charge in [0.25, 0.3) is 0 Å². The Labute approximate surface area is 195 Å². The van der Waals surface area contributed by atoms with Crippen molar-refractivity contribution >= 4 is 35.8 Å². The van der Waals surface area contributed by atoms with Crippen molar-refractivity contribution in [2.45, 2.75) is 19.6 Å². The number of nitrogens with one attached hydrogen (secondary N) is 2. The van der Waals surface area contributed by atoms with Crippen LogP contribution in [0.3, 0.4) is 0 Å². The molecule has 1 aliphatic heterocycles. The second kappa shape index (κ2) is 12.5. The number of nitrogens with two attached hydrogens (primary N) is 1. The fourth-order valence-corrected chi connectivity index (χ4v) is 3.30. The number of halogens is 1. The van der Waals surface area contributed by atoms with E-state index in [2.05, 4.69) is 44.8 Å². The van der Waals surface area contributed by atoms with Gasteiger partial charge in [-0.05, 0) is 28.8 Å². The number of benzene rings is 2. The van der Waals surface area contributed by atoms with Gasteiger partial charge in [0.2, 0.25) is 5.91 Å². The SMILES string of the molecule is CN=C(NCc1cccc(C(N)=O)c1)NCc1ccccc1CN1CCOCC1.I. The smallest absolute Gasteiger partial charge is 0.248 e. The summed E-state index contributed by atoms with van der Waals surface area (Å²) < 4.78 is 5.44. The van der Waals surface area contributed by atoms with Crippen molar-refractivity contribution in [3.05, 3.63) is 70.8 Å². The van der Waals surface area contributed by atoms with E-state index in [0.29, 0.717) is 24.6 Å². The largest absolute Gasteiger partial charge is 0.379 e. The Morgan fingerprint density at radius 2 is 1.77 bits per heavy atom. The number of amides is 1. The molecule has 1 heterocycles. The van der Waals surface area contributed by atoms with E-state index in [-0.39, 0.29) is 24.0 Å². The Kier molecular flexibility index (Phi) is 10.0. The number of nitrogens with zero attached hydrogens (tertiary/aromatic N) is 2. The molecular weight excluding hydrogens is 493 g/mol. The van der Waals surface area contributed by atoms with Crippen LogP contribution in [0, 0.1) is 0 Å². The number of carbonyl (C=O) groups excluding carboxylic acids is 1. The lowest BCUT2D eigenvalue weighted by molar-refractivity contribution is 0.0341. The van der Waals surface area contributed by atoms with E-state index in [4.69, 9.17) is 10.5 Å². The second-order valence-electron chi connectivity index (χ2n) is 7.00. The number of hydrogen-bond acceptors (Lipinski definition) is 4. The molecule has 7 nitrogen and oxygen atoms in total. The van der Waals surface area contributed by atoms with Gasteiger partial charge in [0.05, 0.1) is 13.2 Å². The summed E-state index contributed by atoms with van der Waals surface area (Å²) in [5.74, 6) is 0.280. The number of carbonyl (C=O) groups is 1. The molecule has 1 aliphatic rings. The summed E-state index contributed by atoms with van der Waals surface area (Å²) in [6, 6.07) is 15.7. The molecule has 3 rings (SSSR count). The van der Waals surface area contributed by atoms with Crippen LogP contribution in [0.5, 0.6) is 0 Å². The highest BCUT2D eigenvalue weighted by molar-refractivity contribution is 14.0. The van der Waals surface area contributed by atoms with Gasteiger partial charge in [-0.1, -0.05) is 36.4 Å². The molecule has 4 N–H and O–H groups in total. The number of primary amides is 1. The van der Waals surface area contributed by atoms with Crippen molar-refractivity contribution in [1.82, 2.24) is 15.5 Å². The van der Waals surface area contributed by atoms with E-state index in [1.165, 1.54) is 11.1 Å². The van der Waals surface area contributed by atoms with Crippen LogP contribution in [-0.2, 0) is 24.4 Å². The maximum absolute atomic E-state index is 11.3. The standard InChI is InChI=1S/C22H29N5O2.HI/c1-24-22(25-14-17-5-4-8-18(13-17)21(23)28)26-15-19-6-2-3-7-20(19)16-27-9-11-29-12-10-27;/h2-8,13H,9-12,14-16H2,1H3,(H2,23,28)(H2,24,25,26);1H. The molecule has 0 aromatic heterocycles. The first-order chi connectivity index (χ1) is 14.2. The third kappa shape index (κ3) is 7.26. The lowest BCUT2D eigenvalue weighted by Gasteiger charge is -2.27. The Morgan fingerprint density at radius 3 is 2.47 bits per heavy atom. The zero-order valence-corrected chi connectivity index (χ0v) is 19.6. The van der Waals surface area contributed by atoms with E-state index < -0.39 is 5.91 Å². The Morgan fingerprint density at radius 1 is 1.07 bits per heavy atom. The van der Waals surface area contributed by atoms with E-state index >= 15 is 0 Å². The highest BCUT2D eigenvalue weighted by Gasteiger charge is 2.13. The van der Waals surface area contributed by atoms with Crippen molar-refractivity contribution in [2.24, 2.45) is 10.7 Å². The molecule has 0 spiro atoms. The molecule has 0 bridgehead atoms. The fraction of sp³-hybridized carbons (Fsp3) is 0.364. The first-order valence-corrected chi connectivity index (χ1v) is 9.86. The van der Waals surface area contributed by atoms with Crippen LogP contribution >= 0.6 is 24.0 Å². The van der Waals surface area contributed by atoms with Crippen LogP contribution in [0.4, 0.5) is 0 Å². The summed E-state index contributed by atoms with van der Waals surface area (Å²) in [5.41, 5.74) is 9.39. The van der Waals surface area contributed by atoms with Crippen LogP contribution in [0.1, 0.15) is 27.0 Å². The van der Waals surface area contributed by atoms with Crippen LogP contribution in [0.15, 0.2) is 53.5 Å². The zero-order valence-electron chi connectivity index (χ0n) is 17.3. The summed E-state index contributed by atoms with van der Waals surface area (Å²) in [6.45, 7) is 5.69. The normalized spacial score (nSPS) is 14.6. The lowest BCUT2D eigenvalue weighted by atomic mass is 10.1. The predicted molar refractivity (Wildman–Crippen MR) is 130 cm³/mol. The molecule has 0 radical (unpaired) electrons. The Hall–Kier alpha value is -2.17. The molecular formula is C22H30IN5O2. The summed E-state index contributed by atoms with van der Waals surface area (Å²) in [5, 5.41) is 6.66. The van der Waals surface area contributed by atoms with Gasteiger partial charge in [-0.25, -0.2) is 0 Å². The monoisotopic (exact) mass is 523 g/mol. The van der Waals surface area contributed by atoms with Gasteiger partial charge >= 0.3 is 0 Å². The molecule has 8 heteroatoms. The minimum absolute atomic E-state index is 0. The summed E-state index contributed by atoms with van der Waals surface area (Å²) in [7, 11) is 1.74. The highest BCUT2D eigenvalue weighted by atomic mass is 127. The minimum atomic E-state index is -0.425. The zero-order chi connectivity index (χ0) is 20.5. The van der Waals surface area contributed by atoms with Crippen molar-refractivity contribution in [2.75, 3.05) is 33.4 Å². The van der Waals surface area contributed by atoms with E-state index in [1.54, 1.807) is 19.2 Å². The number of ether oxygens (including phenoxy) is 1. The van der Waals surface area contributed by atoms with E-state index in [0.717, 1.165) is 38.4 Å². The Balaban J connectivity index is 0.00000320. The van der Waals surface area contributed by atoms with Crippen molar-refractivity contribution < 1.29 is 9.53 Å². The number of rotatable bonds is 7. The molecule has 2 aromatic carbocycles. The molecule has 1 fully saturated rings. The van der Waals surface area contributed by atoms with Gasteiger partial charge in [0.1, 0.15) is 0 Å². The van der Waals surface area contributed by atoms with E-state index in [1.807, 2.05) is 12.1 Å². The molecule has 2 aromatic rings. The number of guanidine groups is 1. The van der Waals surface area contributed by atoms with Gasteiger partial charge < -0.3 is 21.1 Å². The molecule has 0 atom stereocenters. The second-order valence-corrected chi connectivity index (χ2v) is 7.00. The van der Waals surface area contributed by atoms with Gasteiger partial charge in [-0.15, -0.1) is 24.0 Å². The average molecular weight is 523 g/mol. The lowest BCUT2D eigenvalue weighted by Crippen LogP contribution is -2.37. The van der Waals surface area contributed by atoms with Crippen LogP contribution in [-0.4, -0.2) is 50.1 Å². The van der Waals surface area contributed by atoms with Crippen LogP contribution in [0.25, 0.3) is 0 Å². The van der Waals surface area contributed by atoms with Gasteiger partial charge in [0, 0.05) is 45.3 Å². The number of morpholine rings is 1. The summed E-state index contributed by atoms with van der Waals surface area (Å²) >= 11 is 0. The predicted octanol–water partition coefficient (Wildman–Crippen LogP) is 2.10. The Bertz CT molecular complexity index is 853. The van der Waals surface area contributed by atoms with Crippen molar-refractivity contribution in [1.29, 1.82) is 0 Å². The van der Waals surface area contributed by atoms with Gasteiger partial charge in [-0.3, -0.25) is 14.7 Å². The molecule has 0 aliphatic carbocycles. The third-order valence-electron chi connectivity index (χ3n) is 4.96. The molecule has 30 heavy (non-hydrogen) atoms. The third-order valence-corrected chi connectivity index (χ3v) is 4.96. The molecule has 162 valence electrons. The van der Waals surface area contributed by atoms with E-state index in [9.17, 15) is 4.79 Å². The fourth-order valence-electron chi connectivity index (χ4n) is 3.30. The number of hydrogen-bond donors (Lipinski definition) is 3. The summed E-state index contributed by atoms with van der Waals surface area (Å²) in [4.78, 5) is 18.1. The van der Waals surface area contributed by atoms with Crippen molar-refractivity contribution in [3.63, 3.8) is 0 Å². The van der Waals surface area contributed by atoms with Crippen molar-refractivity contribution in [3.8, 4) is 0 Å². The molecule has 1 amide bonds.